The second kappa shape index (κ2) is 10.2. The minimum atomic E-state index is -3.37. The van der Waals surface area contributed by atoms with Crippen molar-refractivity contribution in [1.29, 1.82) is 0 Å². The summed E-state index contributed by atoms with van der Waals surface area (Å²) in [6, 6.07) is 23.6. The van der Waals surface area contributed by atoms with Crippen molar-refractivity contribution in [2.75, 3.05) is 15.9 Å². The SMILES string of the molecule is CCc1ccccc1-n1c(C)cc(C2C(c3ccccn3)NC(=S)N2c2ccc(NS(C)(=O)=O)cc2)c1C. The standard InChI is InChI=1S/C29H31N5O2S2/c1-5-21-10-6-7-12-26(21)33-19(2)18-24(20(33)3)28-27(25-11-8-9-17-30-25)31-29(37)34(28)23-15-13-22(14-16-23)32-38(4,35)36/h6-18,27-28,32H,5H2,1-4H3,(H,31,37). The maximum Gasteiger partial charge on any atom is 0.229 e. The van der Waals surface area contributed by atoms with E-state index in [0.29, 0.717) is 10.8 Å². The zero-order valence-corrected chi connectivity index (χ0v) is 23.5. The van der Waals surface area contributed by atoms with Gasteiger partial charge in [-0.05, 0) is 92.1 Å². The van der Waals surface area contributed by atoms with Crippen LogP contribution in [0.25, 0.3) is 5.69 Å². The van der Waals surface area contributed by atoms with Crippen LogP contribution in [-0.2, 0) is 16.4 Å². The molecule has 5 rings (SSSR count). The first-order valence-corrected chi connectivity index (χ1v) is 14.8. The van der Waals surface area contributed by atoms with Gasteiger partial charge < -0.3 is 14.8 Å². The molecule has 2 unspecified atom stereocenters. The van der Waals surface area contributed by atoms with Crippen LogP contribution >= 0.6 is 12.2 Å². The highest BCUT2D eigenvalue weighted by atomic mass is 32.2. The topological polar surface area (TPSA) is 79.3 Å². The van der Waals surface area contributed by atoms with Gasteiger partial charge in [0.05, 0.1) is 24.0 Å². The molecule has 1 fully saturated rings. The van der Waals surface area contributed by atoms with Gasteiger partial charge in [-0.3, -0.25) is 9.71 Å². The van der Waals surface area contributed by atoms with Gasteiger partial charge in [0.25, 0.3) is 0 Å². The number of nitrogens with one attached hydrogen (secondary N) is 2. The molecule has 2 aromatic heterocycles. The van der Waals surface area contributed by atoms with Crippen molar-refractivity contribution in [3.05, 3.63) is 107 Å². The van der Waals surface area contributed by atoms with Gasteiger partial charge >= 0.3 is 0 Å². The molecule has 2 atom stereocenters. The Kier molecular flexibility index (Phi) is 6.98. The Hall–Kier alpha value is -3.69. The zero-order valence-electron chi connectivity index (χ0n) is 21.8. The van der Waals surface area contributed by atoms with E-state index in [0.717, 1.165) is 41.0 Å². The fourth-order valence-corrected chi connectivity index (χ4v) is 6.25. The number of benzene rings is 2. The lowest BCUT2D eigenvalue weighted by Gasteiger charge is -2.28. The molecule has 7 nitrogen and oxygen atoms in total. The van der Waals surface area contributed by atoms with Gasteiger partial charge in [-0.25, -0.2) is 8.42 Å². The number of rotatable bonds is 7. The van der Waals surface area contributed by atoms with Gasteiger partial charge in [0.2, 0.25) is 10.0 Å². The molecule has 0 bridgehead atoms. The molecular weight excluding hydrogens is 514 g/mol. The highest BCUT2D eigenvalue weighted by Gasteiger charge is 2.42. The minimum Gasteiger partial charge on any atom is -0.351 e. The minimum absolute atomic E-state index is 0.167. The Morgan fingerprint density at radius 2 is 1.74 bits per heavy atom. The summed E-state index contributed by atoms with van der Waals surface area (Å²) in [7, 11) is -3.37. The lowest BCUT2D eigenvalue weighted by molar-refractivity contribution is 0.565. The van der Waals surface area contributed by atoms with E-state index in [1.54, 1.807) is 18.3 Å². The summed E-state index contributed by atoms with van der Waals surface area (Å²) >= 11 is 5.88. The van der Waals surface area contributed by atoms with E-state index in [2.05, 4.69) is 75.6 Å². The van der Waals surface area contributed by atoms with Crippen molar-refractivity contribution >= 4 is 38.7 Å². The monoisotopic (exact) mass is 545 g/mol. The summed E-state index contributed by atoms with van der Waals surface area (Å²) in [5, 5.41) is 4.10. The van der Waals surface area contributed by atoms with Gasteiger partial charge in [0.15, 0.2) is 5.11 Å². The summed E-state index contributed by atoms with van der Waals surface area (Å²) in [6.45, 7) is 6.46. The smallest absolute Gasteiger partial charge is 0.229 e. The summed E-state index contributed by atoms with van der Waals surface area (Å²) in [5.41, 5.74) is 8.16. The Morgan fingerprint density at radius 3 is 2.39 bits per heavy atom. The molecule has 1 saturated heterocycles. The van der Waals surface area contributed by atoms with Crippen LogP contribution in [0.5, 0.6) is 0 Å². The van der Waals surface area contributed by atoms with E-state index in [4.69, 9.17) is 12.2 Å². The number of hydrogen-bond donors (Lipinski definition) is 2. The third kappa shape index (κ3) is 4.91. The van der Waals surface area contributed by atoms with Crippen molar-refractivity contribution in [1.82, 2.24) is 14.9 Å². The van der Waals surface area contributed by atoms with Crippen molar-refractivity contribution < 1.29 is 8.42 Å². The predicted octanol–water partition coefficient (Wildman–Crippen LogP) is 5.60. The van der Waals surface area contributed by atoms with Crippen LogP contribution in [0.3, 0.4) is 0 Å². The number of pyridine rings is 1. The number of aryl methyl sites for hydroxylation is 2. The molecule has 38 heavy (non-hydrogen) atoms. The van der Waals surface area contributed by atoms with Crippen LogP contribution in [0.1, 0.15) is 47.2 Å². The number of anilines is 2. The van der Waals surface area contributed by atoms with Crippen LogP contribution in [-0.4, -0.2) is 29.3 Å². The van der Waals surface area contributed by atoms with Gasteiger partial charge in [0.1, 0.15) is 0 Å². The number of nitrogens with zero attached hydrogens (tertiary/aromatic N) is 3. The van der Waals surface area contributed by atoms with Crippen molar-refractivity contribution in [2.24, 2.45) is 0 Å². The molecule has 4 aromatic rings. The first kappa shape index (κ1) is 25.9. The first-order chi connectivity index (χ1) is 18.2. The van der Waals surface area contributed by atoms with E-state index >= 15 is 0 Å². The third-order valence-corrected chi connectivity index (χ3v) is 7.87. The Balaban J connectivity index is 1.64. The molecule has 1 aliphatic heterocycles. The number of thiocarbonyl (C=S) groups is 1. The number of para-hydroxylation sites is 1. The molecule has 3 heterocycles. The largest absolute Gasteiger partial charge is 0.351 e. The van der Waals surface area contributed by atoms with Crippen LogP contribution in [0, 0.1) is 13.8 Å². The maximum absolute atomic E-state index is 11.7. The molecule has 0 radical (unpaired) electrons. The fourth-order valence-electron chi connectivity index (χ4n) is 5.34. The summed E-state index contributed by atoms with van der Waals surface area (Å²) in [6.07, 6.45) is 3.88. The summed E-state index contributed by atoms with van der Waals surface area (Å²) in [4.78, 5) is 6.77. The number of hydrogen-bond acceptors (Lipinski definition) is 4. The molecule has 0 saturated carbocycles. The molecular formula is C29H31N5O2S2. The van der Waals surface area contributed by atoms with E-state index in [9.17, 15) is 8.42 Å². The quantitative estimate of drug-likeness (QED) is 0.294. The summed E-state index contributed by atoms with van der Waals surface area (Å²) < 4.78 is 28.3. The molecule has 2 N–H and O–H groups in total. The van der Waals surface area contributed by atoms with E-state index < -0.39 is 10.0 Å². The van der Waals surface area contributed by atoms with Gasteiger partial charge in [-0.2, -0.15) is 0 Å². The van der Waals surface area contributed by atoms with Crippen molar-refractivity contribution in [3.63, 3.8) is 0 Å². The lowest BCUT2D eigenvalue weighted by atomic mass is 9.96. The Bertz CT molecular complexity index is 1580. The molecule has 0 spiro atoms. The van der Waals surface area contributed by atoms with Crippen molar-refractivity contribution in [3.8, 4) is 5.69 Å². The van der Waals surface area contributed by atoms with Crippen LogP contribution in [0.4, 0.5) is 11.4 Å². The average molecular weight is 546 g/mol. The van der Waals surface area contributed by atoms with Crippen LogP contribution < -0.4 is 14.9 Å². The maximum atomic E-state index is 11.7. The molecule has 0 amide bonds. The molecule has 9 heteroatoms. The second-order valence-corrected chi connectivity index (χ2v) is 11.7. The van der Waals surface area contributed by atoms with Gasteiger partial charge in [-0.1, -0.05) is 31.2 Å². The fraction of sp³-hybridized carbons (Fsp3) is 0.241. The molecule has 196 valence electrons. The molecule has 2 aromatic carbocycles. The third-order valence-electron chi connectivity index (χ3n) is 6.95. The lowest BCUT2D eigenvalue weighted by Crippen LogP contribution is -2.29. The van der Waals surface area contributed by atoms with E-state index in [1.807, 2.05) is 30.3 Å². The van der Waals surface area contributed by atoms with Crippen molar-refractivity contribution in [2.45, 2.75) is 39.3 Å². The normalized spacial score (nSPS) is 17.5. The number of aromatic nitrogens is 2. The molecule has 0 aliphatic carbocycles. The van der Waals surface area contributed by atoms with Gasteiger partial charge in [-0.15, -0.1) is 0 Å². The number of sulfonamides is 1. The molecule has 1 aliphatic rings. The van der Waals surface area contributed by atoms with Crippen LogP contribution in [0.2, 0.25) is 0 Å². The highest BCUT2D eigenvalue weighted by molar-refractivity contribution is 7.92. The highest BCUT2D eigenvalue weighted by Crippen LogP contribution is 2.44. The summed E-state index contributed by atoms with van der Waals surface area (Å²) in [5.74, 6) is 0. The zero-order chi connectivity index (χ0) is 27.0. The predicted molar refractivity (Wildman–Crippen MR) is 157 cm³/mol. The van der Waals surface area contributed by atoms with E-state index in [-0.39, 0.29) is 12.1 Å². The van der Waals surface area contributed by atoms with Gasteiger partial charge in [0, 0.05) is 34.6 Å². The first-order valence-electron chi connectivity index (χ1n) is 12.5. The average Bonchev–Trinajstić information content (AvgIpc) is 3.39. The van der Waals surface area contributed by atoms with Crippen LogP contribution in [0.15, 0.2) is 79.0 Å². The Labute approximate surface area is 229 Å². The Morgan fingerprint density at radius 1 is 1.03 bits per heavy atom. The van der Waals surface area contributed by atoms with E-state index in [1.165, 1.54) is 11.3 Å². The second-order valence-electron chi connectivity index (χ2n) is 9.56.